The van der Waals surface area contributed by atoms with Gasteiger partial charge in [0.2, 0.25) is 0 Å². The largest absolute Gasteiger partial charge is 0.480 e. The van der Waals surface area contributed by atoms with Crippen molar-refractivity contribution in [3.8, 4) is 0 Å². The molecule has 84 valence electrons. The summed E-state index contributed by atoms with van der Waals surface area (Å²) in [6, 6.07) is 6.04. The molecule has 0 amide bonds. The summed E-state index contributed by atoms with van der Waals surface area (Å²) in [5.74, 6) is -0.804. The second kappa shape index (κ2) is 3.49. The van der Waals surface area contributed by atoms with E-state index in [-0.39, 0.29) is 0 Å². The van der Waals surface area contributed by atoms with Gasteiger partial charge in [-0.15, -0.1) is 0 Å². The first-order chi connectivity index (χ1) is 7.74. The van der Waals surface area contributed by atoms with Gasteiger partial charge in [0.15, 0.2) is 0 Å². The van der Waals surface area contributed by atoms with E-state index in [1.165, 1.54) is 12.8 Å². The zero-order valence-corrected chi connectivity index (χ0v) is 8.86. The van der Waals surface area contributed by atoms with Gasteiger partial charge in [-0.1, -0.05) is 6.07 Å². The summed E-state index contributed by atoms with van der Waals surface area (Å²) < 4.78 is 0. The molecule has 0 aromatic heterocycles. The van der Waals surface area contributed by atoms with Gasteiger partial charge >= 0.3 is 5.97 Å². The van der Waals surface area contributed by atoms with Crippen LogP contribution in [0.25, 0.3) is 0 Å². The molecule has 1 heterocycles. The van der Waals surface area contributed by atoms with Crippen molar-refractivity contribution in [3.05, 3.63) is 29.3 Å². The summed E-state index contributed by atoms with van der Waals surface area (Å²) >= 11 is 0. The number of carboxylic acid groups (broad SMARTS) is 1. The van der Waals surface area contributed by atoms with Gasteiger partial charge in [0, 0.05) is 18.3 Å². The Morgan fingerprint density at radius 2 is 2.25 bits per heavy atom. The summed E-state index contributed by atoms with van der Waals surface area (Å²) in [4.78, 5) is 11.0. The van der Waals surface area contributed by atoms with Gasteiger partial charge in [-0.05, 0) is 36.1 Å². The van der Waals surface area contributed by atoms with Gasteiger partial charge in [0.05, 0.1) is 0 Å². The first-order valence-electron chi connectivity index (χ1n) is 5.59. The van der Waals surface area contributed by atoms with E-state index in [1.807, 2.05) is 12.1 Å². The van der Waals surface area contributed by atoms with Crippen LogP contribution in [-0.2, 0) is 11.3 Å². The Morgan fingerprint density at radius 1 is 1.44 bits per heavy atom. The van der Waals surface area contributed by atoms with Gasteiger partial charge in [0.25, 0.3) is 0 Å². The van der Waals surface area contributed by atoms with Crippen molar-refractivity contribution in [1.29, 1.82) is 0 Å². The minimum absolute atomic E-state index is 0.537. The summed E-state index contributed by atoms with van der Waals surface area (Å²) in [6.45, 7) is 0.645. The quantitative estimate of drug-likeness (QED) is 0.719. The molecule has 1 unspecified atom stereocenters. The predicted octanol–water partition coefficient (Wildman–Crippen LogP) is 1.49. The second-order valence-electron chi connectivity index (χ2n) is 4.48. The van der Waals surface area contributed by atoms with Crippen molar-refractivity contribution in [2.45, 2.75) is 31.5 Å². The van der Waals surface area contributed by atoms with Crippen LogP contribution in [0.2, 0.25) is 0 Å². The van der Waals surface area contributed by atoms with E-state index < -0.39 is 12.0 Å². The Hall–Kier alpha value is -1.55. The fourth-order valence-corrected chi connectivity index (χ4v) is 2.14. The average Bonchev–Trinajstić information content (AvgIpc) is 2.96. The molecule has 4 heteroatoms. The second-order valence-corrected chi connectivity index (χ2v) is 4.48. The molecule has 1 aromatic rings. The molecule has 3 N–H and O–H groups in total. The van der Waals surface area contributed by atoms with Crippen LogP contribution >= 0.6 is 0 Å². The molecular formula is C12H14N2O2. The number of anilines is 1. The molecule has 0 radical (unpaired) electrons. The van der Waals surface area contributed by atoms with E-state index in [0.29, 0.717) is 12.6 Å². The molecule has 1 aliphatic carbocycles. The van der Waals surface area contributed by atoms with Gasteiger partial charge < -0.3 is 10.4 Å². The maximum Gasteiger partial charge on any atom is 0.325 e. The molecular weight excluding hydrogens is 204 g/mol. The van der Waals surface area contributed by atoms with Gasteiger partial charge in [0.1, 0.15) is 6.04 Å². The molecule has 1 fully saturated rings. The Morgan fingerprint density at radius 3 is 2.94 bits per heavy atom. The zero-order chi connectivity index (χ0) is 11.1. The van der Waals surface area contributed by atoms with Gasteiger partial charge in [-0.2, -0.15) is 0 Å². The lowest BCUT2D eigenvalue weighted by Crippen LogP contribution is -2.21. The predicted molar refractivity (Wildman–Crippen MR) is 60.3 cm³/mol. The van der Waals surface area contributed by atoms with Crippen LogP contribution in [0.1, 0.15) is 30.0 Å². The molecule has 0 saturated heterocycles. The monoisotopic (exact) mass is 218 g/mol. The molecule has 1 atom stereocenters. The normalized spacial score (nSPS) is 22.9. The molecule has 1 aliphatic heterocycles. The van der Waals surface area contributed by atoms with Crippen molar-refractivity contribution in [3.63, 3.8) is 0 Å². The van der Waals surface area contributed by atoms with Crippen LogP contribution in [-0.4, -0.2) is 17.1 Å². The Kier molecular flexibility index (Phi) is 2.11. The van der Waals surface area contributed by atoms with E-state index in [1.54, 1.807) is 0 Å². The first-order valence-corrected chi connectivity index (χ1v) is 5.59. The maximum absolute atomic E-state index is 11.0. The number of benzene rings is 1. The van der Waals surface area contributed by atoms with Crippen LogP contribution < -0.4 is 10.6 Å². The Labute approximate surface area is 93.7 Å². The first kappa shape index (κ1) is 9.66. The van der Waals surface area contributed by atoms with Crippen LogP contribution in [0.5, 0.6) is 0 Å². The van der Waals surface area contributed by atoms with Crippen molar-refractivity contribution < 1.29 is 9.90 Å². The van der Waals surface area contributed by atoms with Crippen molar-refractivity contribution >= 4 is 11.7 Å². The third-order valence-electron chi connectivity index (χ3n) is 3.15. The molecule has 2 aliphatic rings. The van der Waals surface area contributed by atoms with Gasteiger partial charge in [-0.25, -0.2) is 0 Å². The van der Waals surface area contributed by atoms with Crippen molar-refractivity contribution in [1.82, 2.24) is 5.32 Å². The van der Waals surface area contributed by atoms with Crippen LogP contribution in [0.4, 0.5) is 5.69 Å². The molecule has 1 aromatic carbocycles. The summed E-state index contributed by atoms with van der Waals surface area (Å²) in [5, 5.41) is 15.4. The van der Waals surface area contributed by atoms with E-state index in [0.717, 1.165) is 16.8 Å². The van der Waals surface area contributed by atoms with E-state index in [9.17, 15) is 4.79 Å². The lowest BCUT2D eigenvalue weighted by Gasteiger charge is -2.08. The van der Waals surface area contributed by atoms with E-state index >= 15 is 0 Å². The highest BCUT2D eigenvalue weighted by molar-refractivity contribution is 5.77. The number of hydrogen-bond donors (Lipinski definition) is 3. The molecule has 0 bridgehead atoms. The Balaban J connectivity index is 1.86. The van der Waals surface area contributed by atoms with Crippen LogP contribution in [0.3, 0.4) is 0 Å². The summed E-state index contributed by atoms with van der Waals surface area (Å²) in [5.41, 5.74) is 3.10. The minimum atomic E-state index is -0.804. The van der Waals surface area contributed by atoms with Crippen LogP contribution in [0.15, 0.2) is 18.2 Å². The maximum atomic E-state index is 11.0. The smallest absolute Gasteiger partial charge is 0.325 e. The third-order valence-corrected chi connectivity index (χ3v) is 3.15. The average molecular weight is 218 g/mol. The zero-order valence-electron chi connectivity index (χ0n) is 8.86. The number of rotatable bonds is 3. The number of carbonyl (C=O) groups is 1. The molecule has 0 spiro atoms. The third kappa shape index (κ3) is 1.65. The minimum Gasteiger partial charge on any atom is -0.480 e. The molecule has 16 heavy (non-hydrogen) atoms. The SMILES string of the molecule is O=C(O)C1NCc2cc(NC3CC3)ccc21. The highest BCUT2D eigenvalue weighted by Gasteiger charge is 2.28. The van der Waals surface area contributed by atoms with E-state index in [4.69, 9.17) is 5.11 Å². The van der Waals surface area contributed by atoms with Crippen molar-refractivity contribution in [2.24, 2.45) is 0 Å². The Bertz CT molecular complexity index is 441. The standard InChI is InChI=1S/C12H14N2O2/c15-12(16)11-10-4-3-9(14-8-1-2-8)5-7(10)6-13-11/h3-5,8,11,13-14H,1-2,6H2,(H,15,16). The number of hydrogen-bond acceptors (Lipinski definition) is 3. The number of carboxylic acids is 1. The highest BCUT2D eigenvalue weighted by atomic mass is 16.4. The van der Waals surface area contributed by atoms with E-state index in [2.05, 4.69) is 16.7 Å². The topological polar surface area (TPSA) is 61.4 Å². The molecule has 4 nitrogen and oxygen atoms in total. The fourth-order valence-electron chi connectivity index (χ4n) is 2.14. The highest BCUT2D eigenvalue weighted by Crippen LogP contribution is 2.30. The lowest BCUT2D eigenvalue weighted by atomic mass is 10.0. The van der Waals surface area contributed by atoms with Gasteiger partial charge in [-0.3, -0.25) is 10.1 Å². The molecule has 3 rings (SSSR count). The van der Waals surface area contributed by atoms with Crippen LogP contribution in [0, 0.1) is 0 Å². The number of nitrogens with one attached hydrogen (secondary N) is 2. The summed E-state index contributed by atoms with van der Waals surface area (Å²) in [7, 11) is 0. The number of aliphatic carboxylic acids is 1. The summed E-state index contributed by atoms with van der Waals surface area (Å²) in [6.07, 6.45) is 2.49. The number of fused-ring (bicyclic) bond motifs is 1. The molecule has 1 saturated carbocycles. The van der Waals surface area contributed by atoms with Crippen molar-refractivity contribution in [2.75, 3.05) is 5.32 Å². The fraction of sp³-hybridized carbons (Fsp3) is 0.417. The lowest BCUT2D eigenvalue weighted by molar-refractivity contribution is -0.139.